The third-order valence-electron chi connectivity index (χ3n) is 2.94. The fraction of sp³-hybridized carbons (Fsp3) is 0.267. The van der Waals surface area contributed by atoms with Gasteiger partial charge in [0, 0.05) is 11.4 Å². The number of aliphatic hydroxyl groups excluding tert-OH is 1. The number of aliphatic hydroxyl groups is 1. The number of carbonyl (C=O) groups is 1. The molecule has 2 aromatic rings. The number of amides is 1. The van der Waals surface area contributed by atoms with Crippen LogP contribution in [0.15, 0.2) is 46.0 Å². The van der Waals surface area contributed by atoms with Crippen molar-refractivity contribution in [2.45, 2.75) is 17.4 Å². The average molecular weight is 307 g/mol. The van der Waals surface area contributed by atoms with Gasteiger partial charge in [-0.25, -0.2) is 0 Å². The zero-order valence-corrected chi connectivity index (χ0v) is 12.8. The summed E-state index contributed by atoms with van der Waals surface area (Å²) < 4.78 is 0. The number of thioether (sulfide) groups is 1. The van der Waals surface area contributed by atoms with Gasteiger partial charge in [-0.15, -0.1) is 11.8 Å². The quantitative estimate of drug-likeness (QED) is 0.807. The summed E-state index contributed by atoms with van der Waals surface area (Å²) in [5, 5.41) is 16.7. The number of carbonyl (C=O) groups excluding carboxylic acids is 1. The van der Waals surface area contributed by atoms with Crippen molar-refractivity contribution in [3.63, 3.8) is 0 Å². The Balaban J connectivity index is 1.81. The third kappa shape index (κ3) is 4.37. The molecule has 0 aliphatic carbocycles. The maximum Gasteiger partial charge on any atom is 0.224 e. The van der Waals surface area contributed by atoms with Gasteiger partial charge in [0.25, 0.3) is 0 Å². The van der Waals surface area contributed by atoms with Crippen LogP contribution >= 0.6 is 23.1 Å². The van der Waals surface area contributed by atoms with E-state index < -0.39 is 6.10 Å². The molecular weight excluding hydrogens is 290 g/mol. The largest absolute Gasteiger partial charge is 0.387 e. The highest BCUT2D eigenvalue weighted by Crippen LogP contribution is 2.18. The summed E-state index contributed by atoms with van der Waals surface area (Å²) >= 11 is 3.23. The van der Waals surface area contributed by atoms with E-state index in [0.717, 1.165) is 16.0 Å². The van der Waals surface area contributed by atoms with Crippen LogP contribution in [0.5, 0.6) is 0 Å². The van der Waals surface area contributed by atoms with Crippen LogP contribution in [0.4, 0.5) is 0 Å². The standard InChI is InChI=1S/C15H17NO2S2/c1-19-13-4-2-12(3-5-13)14(17)9-16-15(18)8-11-6-7-20-10-11/h2-7,10,14,17H,8-9H2,1H3,(H,16,18). The van der Waals surface area contributed by atoms with Crippen molar-refractivity contribution in [3.05, 3.63) is 52.2 Å². The maximum atomic E-state index is 11.7. The van der Waals surface area contributed by atoms with Gasteiger partial charge in [-0.3, -0.25) is 4.79 Å². The van der Waals surface area contributed by atoms with Crippen molar-refractivity contribution in [3.8, 4) is 0 Å². The Morgan fingerprint density at radius 1 is 1.35 bits per heavy atom. The molecule has 0 radical (unpaired) electrons. The lowest BCUT2D eigenvalue weighted by Gasteiger charge is -2.12. The highest BCUT2D eigenvalue weighted by molar-refractivity contribution is 7.98. The third-order valence-corrected chi connectivity index (χ3v) is 4.41. The molecule has 0 saturated heterocycles. The Hall–Kier alpha value is -1.30. The van der Waals surface area contributed by atoms with Crippen molar-refractivity contribution in [2.24, 2.45) is 0 Å². The first-order valence-corrected chi connectivity index (χ1v) is 8.45. The van der Waals surface area contributed by atoms with Crippen LogP contribution in [-0.4, -0.2) is 23.8 Å². The van der Waals surface area contributed by atoms with E-state index in [4.69, 9.17) is 0 Å². The molecule has 3 nitrogen and oxygen atoms in total. The lowest BCUT2D eigenvalue weighted by atomic mass is 10.1. The molecule has 1 unspecified atom stereocenters. The molecule has 0 spiro atoms. The van der Waals surface area contributed by atoms with Gasteiger partial charge in [0.1, 0.15) is 0 Å². The van der Waals surface area contributed by atoms with Gasteiger partial charge in [-0.2, -0.15) is 11.3 Å². The molecule has 2 N–H and O–H groups in total. The molecule has 0 saturated carbocycles. The van der Waals surface area contributed by atoms with Crippen LogP contribution in [0.2, 0.25) is 0 Å². The molecule has 20 heavy (non-hydrogen) atoms. The second-order valence-electron chi connectivity index (χ2n) is 4.40. The van der Waals surface area contributed by atoms with Gasteiger partial charge >= 0.3 is 0 Å². The van der Waals surface area contributed by atoms with Gasteiger partial charge in [-0.05, 0) is 46.3 Å². The molecule has 5 heteroatoms. The number of benzene rings is 1. The molecule has 1 amide bonds. The first kappa shape index (κ1) is 15.1. The minimum absolute atomic E-state index is 0.0665. The Labute approximate surface area is 127 Å². The molecule has 0 aliphatic heterocycles. The second kappa shape index (κ2) is 7.47. The zero-order valence-electron chi connectivity index (χ0n) is 11.2. The molecule has 1 heterocycles. The summed E-state index contributed by atoms with van der Waals surface area (Å²) in [5.41, 5.74) is 1.82. The predicted octanol–water partition coefficient (Wildman–Crippen LogP) is 2.86. The molecule has 1 aromatic carbocycles. The van der Waals surface area contributed by atoms with E-state index in [1.165, 1.54) is 0 Å². The fourth-order valence-electron chi connectivity index (χ4n) is 1.80. The van der Waals surface area contributed by atoms with Crippen LogP contribution in [0.3, 0.4) is 0 Å². The lowest BCUT2D eigenvalue weighted by Crippen LogP contribution is -2.29. The van der Waals surface area contributed by atoms with Crippen molar-refractivity contribution in [2.75, 3.05) is 12.8 Å². The predicted molar refractivity (Wildman–Crippen MR) is 84.2 cm³/mol. The highest BCUT2D eigenvalue weighted by Gasteiger charge is 2.10. The average Bonchev–Trinajstić information content (AvgIpc) is 2.97. The lowest BCUT2D eigenvalue weighted by molar-refractivity contribution is -0.120. The first-order chi connectivity index (χ1) is 9.69. The van der Waals surface area contributed by atoms with E-state index in [9.17, 15) is 9.90 Å². The summed E-state index contributed by atoms with van der Waals surface area (Å²) in [6.45, 7) is 0.238. The Morgan fingerprint density at radius 2 is 2.10 bits per heavy atom. The molecule has 1 atom stereocenters. The number of hydrogen-bond acceptors (Lipinski definition) is 4. The van der Waals surface area contributed by atoms with Crippen molar-refractivity contribution in [1.82, 2.24) is 5.32 Å². The highest BCUT2D eigenvalue weighted by atomic mass is 32.2. The molecule has 1 aromatic heterocycles. The molecule has 106 valence electrons. The molecular formula is C15H17NO2S2. The van der Waals surface area contributed by atoms with E-state index in [1.54, 1.807) is 23.1 Å². The first-order valence-electron chi connectivity index (χ1n) is 6.29. The zero-order chi connectivity index (χ0) is 14.4. The van der Waals surface area contributed by atoms with Crippen molar-refractivity contribution >= 4 is 29.0 Å². The monoisotopic (exact) mass is 307 g/mol. The number of thiophene rings is 1. The minimum atomic E-state index is -0.669. The van der Waals surface area contributed by atoms with Crippen molar-refractivity contribution in [1.29, 1.82) is 0 Å². The van der Waals surface area contributed by atoms with E-state index in [0.29, 0.717) is 6.42 Å². The summed E-state index contributed by atoms with van der Waals surface area (Å²) in [5.74, 6) is -0.0665. The van der Waals surface area contributed by atoms with Gasteiger partial charge < -0.3 is 10.4 Å². The molecule has 0 aliphatic rings. The van der Waals surface area contributed by atoms with Crippen LogP contribution in [0.25, 0.3) is 0 Å². The van der Waals surface area contributed by atoms with E-state index >= 15 is 0 Å². The Bertz CT molecular complexity index is 538. The summed E-state index contributed by atoms with van der Waals surface area (Å²) in [6, 6.07) is 9.65. The van der Waals surface area contributed by atoms with Crippen LogP contribution in [0, 0.1) is 0 Å². The van der Waals surface area contributed by atoms with Crippen LogP contribution < -0.4 is 5.32 Å². The maximum absolute atomic E-state index is 11.7. The van der Waals surface area contributed by atoms with Gasteiger partial charge in [0.2, 0.25) is 5.91 Å². The summed E-state index contributed by atoms with van der Waals surface area (Å²) in [6.07, 6.45) is 1.70. The van der Waals surface area contributed by atoms with Crippen molar-refractivity contribution < 1.29 is 9.90 Å². The van der Waals surface area contributed by atoms with E-state index in [2.05, 4.69) is 5.32 Å². The SMILES string of the molecule is CSc1ccc(C(O)CNC(=O)Cc2ccsc2)cc1. The fourth-order valence-corrected chi connectivity index (χ4v) is 2.87. The Kier molecular flexibility index (Phi) is 5.64. The smallest absolute Gasteiger partial charge is 0.224 e. The topological polar surface area (TPSA) is 49.3 Å². The molecule has 0 bridgehead atoms. The molecule has 0 fully saturated rings. The summed E-state index contributed by atoms with van der Waals surface area (Å²) in [4.78, 5) is 12.9. The normalized spacial score (nSPS) is 12.1. The Morgan fingerprint density at radius 3 is 2.70 bits per heavy atom. The molecule has 2 rings (SSSR count). The van der Waals surface area contributed by atoms with Crippen LogP contribution in [-0.2, 0) is 11.2 Å². The number of nitrogens with one attached hydrogen (secondary N) is 1. The number of rotatable bonds is 6. The van der Waals surface area contributed by atoms with E-state index in [-0.39, 0.29) is 12.5 Å². The minimum Gasteiger partial charge on any atom is -0.387 e. The van der Waals surface area contributed by atoms with Crippen LogP contribution in [0.1, 0.15) is 17.2 Å². The number of hydrogen-bond donors (Lipinski definition) is 2. The summed E-state index contributed by atoms with van der Waals surface area (Å²) in [7, 11) is 0. The second-order valence-corrected chi connectivity index (χ2v) is 6.06. The van der Waals surface area contributed by atoms with Gasteiger partial charge in [0.15, 0.2) is 0 Å². The van der Waals surface area contributed by atoms with E-state index in [1.807, 2.05) is 47.3 Å². The van der Waals surface area contributed by atoms with Gasteiger partial charge in [0.05, 0.1) is 12.5 Å². The van der Waals surface area contributed by atoms with Gasteiger partial charge in [-0.1, -0.05) is 12.1 Å².